The minimum Gasteiger partial charge on any atom is -0.380 e. The lowest BCUT2D eigenvalue weighted by Gasteiger charge is -2.02. The molecule has 0 N–H and O–H groups in total. The summed E-state index contributed by atoms with van der Waals surface area (Å²) in [5.74, 6) is 0.383. The molecule has 0 saturated carbocycles. The predicted molar refractivity (Wildman–Crippen MR) is 92.6 cm³/mol. The van der Waals surface area contributed by atoms with Gasteiger partial charge >= 0.3 is 0 Å². The van der Waals surface area contributed by atoms with Crippen LogP contribution < -0.4 is 0 Å². The zero-order chi connectivity index (χ0) is 16.1. The Kier molecular flexibility index (Phi) is 5.27. The molecule has 3 rings (SSSR count). The third kappa shape index (κ3) is 4.10. The number of hydrogen-bond donors (Lipinski definition) is 0. The number of benzene rings is 2. The number of methoxy groups -OCH3 is 1. The van der Waals surface area contributed by atoms with Crippen LogP contribution in [0, 0.1) is 0 Å². The van der Waals surface area contributed by atoms with E-state index in [0.29, 0.717) is 12.4 Å². The first-order valence-corrected chi connectivity index (χ1v) is 9.24. The van der Waals surface area contributed by atoms with E-state index >= 15 is 0 Å². The highest BCUT2D eigenvalue weighted by atomic mass is 32.2. The third-order valence-corrected chi connectivity index (χ3v) is 5.73. The molecule has 0 spiro atoms. The van der Waals surface area contributed by atoms with Gasteiger partial charge in [0.15, 0.2) is 0 Å². The fourth-order valence-corrected chi connectivity index (χ4v) is 4.19. The minimum absolute atomic E-state index is 0.383. The Morgan fingerprint density at radius 1 is 1.04 bits per heavy atom. The van der Waals surface area contributed by atoms with Crippen LogP contribution in [0.1, 0.15) is 10.6 Å². The van der Waals surface area contributed by atoms with E-state index in [1.807, 2.05) is 54.6 Å². The van der Waals surface area contributed by atoms with Crippen LogP contribution in [0.5, 0.6) is 0 Å². The van der Waals surface area contributed by atoms with Gasteiger partial charge < -0.3 is 4.74 Å². The monoisotopic (exact) mass is 344 g/mol. The van der Waals surface area contributed by atoms with E-state index in [1.54, 1.807) is 7.11 Å². The highest BCUT2D eigenvalue weighted by Crippen LogP contribution is 2.24. The van der Waals surface area contributed by atoms with Crippen molar-refractivity contribution in [3.63, 3.8) is 0 Å². The maximum Gasteiger partial charge on any atom is 0.147 e. The largest absolute Gasteiger partial charge is 0.380 e. The molecule has 0 saturated heterocycles. The van der Waals surface area contributed by atoms with Crippen molar-refractivity contribution in [3.8, 4) is 10.6 Å². The van der Waals surface area contributed by atoms with Gasteiger partial charge in [-0.25, -0.2) is 0 Å². The third-order valence-electron chi connectivity index (χ3n) is 3.24. The molecule has 0 amide bonds. The number of aromatic nitrogens is 2. The molecular weight excluding hydrogens is 328 g/mol. The molecular formula is C17H16N2O2S2. The quantitative estimate of drug-likeness (QED) is 0.685. The van der Waals surface area contributed by atoms with Gasteiger partial charge in [0.1, 0.15) is 10.0 Å². The van der Waals surface area contributed by atoms with E-state index < -0.39 is 10.8 Å². The first-order valence-electron chi connectivity index (χ1n) is 7.10. The van der Waals surface area contributed by atoms with Crippen molar-refractivity contribution in [2.24, 2.45) is 0 Å². The average molecular weight is 344 g/mol. The van der Waals surface area contributed by atoms with Crippen LogP contribution in [0.4, 0.5) is 0 Å². The van der Waals surface area contributed by atoms with Crippen molar-refractivity contribution in [3.05, 3.63) is 65.2 Å². The van der Waals surface area contributed by atoms with Crippen LogP contribution >= 0.6 is 11.3 Å². The van der Waals surface area contributed by atoms with Gasteiger partial charge in [-0.15, -0.1) is 10.2 Å². The molecule has 0 aliphatic heterocycles. The van der Waals surface area contributed by atoms with E-state index in [-0.39, 0.29) is 0 Å². The van der Waals surface area contributed by atoms with Gasteiger partial charge in [-0.3, -0.25) is 4.21 Å². The number of ether oxygens (including phenoxy) is 1. The molecule has 1 aromatic heterocycles. The van der Waals surface area contributed by atoms with Gasteiger partial charge in [-0.05, 0) is 17.7 Å². The second-order valence-electron chi connectivity index (χ2n) is 4.93. The second-order valence-corrected chi connectivity index (χ2v) is 7.45. The summed E-state index contributed by atoms with van der Waals surface area (Å²) in [7, 11) is 0.536. The highest BCUT2D eigenvalue weighted by Gasteiger charge is 2.11. The maximum atomic E-state index is 12.4. The van der Waals surface area contributed by atoms with Crippen LogP contribution in [-0.4, -0.2) is 21.5 Å². The summed E-state index contributed by atoms with van der Waals surface area (Å²) in [6, 6.07) is 17.5. The topological polar surface area (TPSA) is 52.1 Å². The summed E-state index contributed by atoms with van der Waals surface area (Å²) in [5, 5.41) is 9.99. The summed E-state index contributed by atoms with van der Waals surface area (Å²) < 4.78 is 17.5. The van der Waals surface area contributed by atoms with Crippen molar-refractivity contribution in [1.29, 1.82) is 0 Å². The molecule has 0 aliphatic rings. The molecule has 23 heavy (non-hydrogen) atoms. The standard InChI is InChI=1S/C17H16N2O2S2/c1-21-11-13-7-9-15(10-8-13)23(20)12-16-18-19-17(22-16)14-5-3-2-4-6-14/h2-10H,11-12H2,1H3/t23-/m1/s1. The number of rotatable bonds is 6. The van der Waals surface area contributed by atoms with Crippen LogP contribution in [0.3, 0.4) is 0 Å². The van der Waals surface area contributed by atoms with Crippen LogP contribution in [0.2, 0.25) is 0 Å². The summed E-state index contributed by atoms with van der Waals surface area (Å²) in [6.07, 6.45) is 0. The van der Waals surface area contributed by atoms with Crippen molar-refractivity contribution in [2.45, 2.75) is 17.3 Å². The lowest BCUT2D eigenvalue weighted by Crippen LogP contribution is -1.97. The molecule has 0 radical (unpaired) electrons. The number of hydrogen-bond acceptors (Lipinski definition) is 5. The van der Waals surface area contributed by atoms with E-state index in [4.69, 9.17) is 4.74 Å². The Bertz CT molecular complexity index is 786. The fourth-order valence-electron chi connectivity index (χ4n) is 2.11. The molecule has 6 heteroatoms. The fraction of sp³-hybridized carbons (Fsp3) is 0.176. The van der Waals surface area contributed by atoms with E-state index in [2.05, 4.69) is 10.2 Å². The normalized spacial score (nSPS) is 12.2. The summed E-state index contributed by atoms with van der Waals surface area (Å²) in [6.45, 7) is 0.559. The Morgan fingerprint density at radius 2 is 1.78 bits per heavy atom. The van der Waals surface area contributed by atoms with Crippen molar-refractivity contribution in [1.82, 2.24) is 10.2 Å². The summed E-state index contributed by atoms with van der Waals surface area (Å²) >= 11 is 1.48. The molecule has 0 aliphatic carbocycles. The van der Waals surface area contributed by atoms with Crippen molar-refractivity contribution < 1.29 is 8.95 Å². The van der Waals surface area contributed by atoms with Gasteiger partial charge in [0.2, 0.25) is 0 Å². The molecule has 0 unspecified atom stereocenters. The molecule has 118 valence electrons. The summed E-state index contributed by atoms with van der Waals surface area (Å²) in [5.41, 5.74) is 2.10. The molecule has 1 atom stereocenters. The Labute approximate surface area is 141 Å². The molecule has 1 heterocycles. The molecule has 2 aromatic carbocycles. The van der Waals surface area contributed by atoms with E-state index in [9.17, 15) is 4.21 Å². The Morgan fingerprint density at radius 3 is 2.48 bits per heavy atom. The average Bonchev–Trinajstić information content (AvgIpc) is 3.05. The first-order chi connectivity index (χ1) is 11.3. The smallest absolute Gasteiger partial charge is 0.147 e. The lowest BCUT2D eigenvalue weighted by atomic mass is 10.2. The van der Waals surface area contributed by atoms with E-state index in [1.165, 1.54) is 11.3 Å². The zero-order valence-electron chi connectivity index (χ0n) is 12.6. The van der Waals surface area contributed by atoms with Crippen LogP contribution in [0.15, 0.2) is 59.5 Å². The summed E-state index contributed by atoms with van der Waals surface area (Å²) in [4.78, 5) is 0.793. The van der Waals surface area contributed by atoms with E-state index in [0.717, 1.165) is 26.0 Å². The first kappa shape index (κ1) is 16.0. The zero-order valence-corrected chi connectivity index (χ0v) is 14.3. The second kappa shape index (κ2) is 7.59. The highest BCUT2D eigenvalue weighted by molar-refractivity contribution is 7.84. The Hall–Kier alpha value is -1.89. The Balaban J connectivity index is 1.69. The molecule has 0 fully saturated rings. The number of nitrogens with zero attached hydrogens (tertiary/aromatic N) is 2. The van der Waals surface area contributed by atoms with Crippen molar-refractivity contribution in [2.75, 3.05) is 7.11 Å². The van der Waals surface area contributed by atoms with Gasteiger partial charge in [0.25, 0.3) is 0 Å². The van der Waals surface area contributed by atoms with Crippen LogP contribution in [-0.2, 0) is 27.9 Å². The lowest BCUT2D eigenvalue weighted by molar-refractivity contribution is 0.185. The van der Waals surface area contributed by atoms with Gasteiger partial charge in [-0.2, -0.15) is 0 Å². The maximum absolute atomic E-state index is 12.4. The van der Waals surface area contributed by atoms with Gasteiger partial charge in [0.05, 0.1) is 23.2 Å². The van der Waals surface area contributed by atoms with Gasteiger partial charge in [-0.1, -0.05) is 53.8 Å². The SMILES string of the molecule is COCc1ccc([S@](=O)Cc2nnc(-c3ccccc3)s2)cc1. The predicted octanol–water partition coefficient (Wildman–Crippen LogP) is 3.66. The van der Waals surface area contributed by atoms with Gasteiger partial charge in [0, 0.05) is 17.6 Å². The van der Waals surface area contributed by atoms with Crippen molar-refractivity contribution >= 4 is 22.1 Å². The molecule has 0 bridgehead atoms. The minimum atomic E-state index is -1.12. The molecule has 3 aromatic rings. The molecule has 4 nitrogen and oxygen atoms in total. The van der Waals surface area contributed by atoms with Crippen LogP contribution in [0.25, 0.3) is 10.6 Å².